The Bertz CT molecular complexity index is 6200. The molecule has 1 unspecified atom stereocenters. The lowest BCUT2D eigenvalue weighted by molar-refractivity contribution is -0.00430. The summed E-state index contributed by atoms with van der Waals surface area (Å²) in [6.45, 7) is 37.5. The van der Waals surface area contributed by atoms with E-state index in [1.54, 1.807) is 103 Å². The average molecular weight is 1970 g/mol. The van der Waals surface area contributed by atoms with Crippen molar-refractivity contribution in [3.8, 4) is 0 Å². The number of nitrogens with zero attached hydrogens (tertiary/aromatic N) is 3. The number of aryl methyl sites for hydroxylation is 10. The summed E-state index contributed by atoms with van der Waals surface area (Å²) < 4.78 is 39.4. The number of carbonyl (C=O) groups excluding carboxylic acids is 8. The minimum atomic E-state index is -4.11. The third-order valence-corrected chi connectivity index (χ3v) is 32.9. The van der Waals surface area contributed by atoms with Crippen molar-refractivity contribution in [1.82, 2.24) is 9.80 Å². The van der Waals surface area contributed by atoms with Crippen LogP contribution >= 0.6 is 26.0 Å². The number of carbonyl (C=O) groups is 8. The van der Waals surface area contributed by atoms with Crippen molar-refractivity contribution in [3.05, 3.63) is 396 Å². The molecule has 2 saturated heterocycles. The Kier molecular flexibility index (Phi) is 39.6. The molecule has 18 nitrogen and oxygen atoms in total. The molecule has 21 heteroatoms. The lowest BCUT2D eigenvalue weighted by Gasteiger charge is -2.39. The topological polar surface area (TPSA) is 260 Å². The van der Waals surface area contributed by atoms with Gasteiger partial charge in [0.05, 0.1) is 37.5 Å². The Hall–Kier alpha value is -11.7. The summed E-state index contributed by atoms with van der Waals surface area (Å²) >= 11 is 1.69. The zero-order chi connectivity index (χ0) is 104. The van der Waals surface area contributed by atoms with E-state index in [1.165, 1.54) is 43.7 Å². The van der Waals surface area contributed by atoms with Crippen molar-refractivity contribution in [1.29, 1.82) is 0 Å². The smallest absolute Gasteiger partial charge is 0.248 e. The Labute approximate surface area is 845 Å². The van der Waals surface area contributed by atoms with E-state index in [2.05, 4.69) is 64.9 Å². The van der Waals surface area contributed by atoms with Gasteiger partial charge in [-0.15, -0.1) is 11.8 Å². The fourth-order valence-corrected chi connectivity index (χ4v) is 24.3. The van der Waals surface area contributed by atoms with Crippen molar-refractivity contribution < 1.29 is 72.3 Å². The fraction of sp³-hybridized carbons (Fsp3) is 0.339. The van der Waals surface area contributed by atoms with E-state index in [1.807, 2.05) is 248 Å². The van der Waals surface area contributed by atoms with Gasteiger partial charge in [-0.25, -0.2) is 0 Å². The summed E-state index contributed by atoms with van der Waals surface area (Å²) in [5.74, 6) is -0.360. The molecule has 0 spiro atoms. The highest BCUT2D eigenvalue weighted by Gasteiger charge is 2.46. The van der Waals surface area contributed by atoms with Crippen LogP contribution in [0.3, 0.4) is 0 Å². The molecule has 3 aliphatic rings. The molecule has 3 N–H and O–H groups in total. The van der Waals surface area contributed by atoms with Crippen LogP contribution in [0, 0.1) is 69.2 Å². The molecule has 2 aliphatic heterocycles. The molecular weight excluding hydrogens is 1830 g/mol. The lowest BCUT2D eigenvalue weighted by Crippen LogP contribution is -2.54. The highest BCUT2D eigenvalue weighted by atomic mass is 32.2. The van der Waals surface area contributed by atoms with Crippen molar-refractivity contribution in [2.75, 3.05) is 77.9 Å². The highest BCUT2D eigenvalue weighted by Crippen LogP contribution is 2.53. The number of Topliss-reactive ketones (excluding diaryl/α,β-unsaturated/α-hetero) is 5. The van der Waals surface area contributed by atoms with Gasteiger partial charge < -0.3 is 38.8 Å². The molecule has 0 amide bonds. The quantitative estimate of drug-likeness (QED) is 0.0234. The highest BCUT2D eigenvalue weighted by molar-refractivity contribution is 8.01. The third-order valence-electron chi connectivity index (χ3n) is 26.7. The van der Waals surface area contributed by atoms with Crippen LogP contribution in [0.15, 0.2) is 284 Å². The van der Waals surface area contributed by atoms with Crippen LogP contribution in [-0.2, 0) is 31.4 Å². The second kappa shape index (κ2) is 50.0. The number of likely N-dealkylation sites (N-methyl/N-ethyl adjacent to an activating group) is 1. The SMILES string of the molecule is CC(C)(O)C(=O)c1ccc(Cc2ccc(C(=O)C(C)(C)O)cc2)cc1.CCC(Cc1ccc(C)cc1)(C(=O)c1ccc(N2CCOCC2)cc1)N(C)C.CSc1ccc(C(=O)C(C)(C)N2CCOCC2)cc1.Cc1cc(C)c(C(=O)P(=O)(C(=O)c2c(C)cc(C)cc2C)c2ccccc2)c(C)c1.Cc1cc(C)c(C(=O)P(=O)(c2ccccc2)c2ccccc2)c(C)c1.O=C(c1ccccc1)C1(O)CCCCC1. The molecule has 12 aromatic carbocycles. The molecule has 1 atom stereocenters. The van der Waals surface area contributed by atoms with Crippen molar-refractivity contribution >= 4 is 93.1 Å². The monoisotopic (exact) mass is 1970 g/mol. The van der Waals surface area contributed by atoms with E-state index in [0.29, 0.717) is 82.9 Å². The molecule has 1 saturated carbocycles. The lowest BCUT2D eigenvalue weighted by atomic mass is 9.79. The Balaban J connectivity index is 0.000000177. The van der Waals surface area contributed by atoms with Crippen LogP contribution in [-0.4, -0.2) is 171 Å². The molecule has 142 heavy (non-hydrogen) atoms. The van der Waals surface area contributed by atoms with Crippen LogP contribution in [0.5, 0.6) is 0 Å². The minimum absolute atomic E-state index is 0.109. The number of morpholine rings is 2. The molecule has 1 aliphatic carbocycles. The minimum Gasteiger partial charge on any atom is -0.382 e. The first-order valence-electron chi connectivity index (χ1n) is 48.8. The van der Waals surface area contributed by atoms with Gasteiger partial charge in [0.25, 0.3) is 0 Å². The van der Waals surface area contributed by atoms with Crippen LogP contribution in [0.2, 0.25) is 0 Å². The molecule has 746 valence electrons. The summed E-state index contributed by atoms with van der Waals surface area (Å²) in [7, 11) is -3.54. The normalized spacial score (nSPS) is 14.3. The summed E-state index contributed by atoms with van der Waals surface area (Å²) in [5.41, 5.74) is 11.6. The van der Waals surface area contributed by atoms with E-state index in [4.69, 9.17) is 9.47 Å². The maximum absolute atomic E-state index is 14.5. The third kappa shape index (κ3) is 28.1. The number of aliphatic hydroxyl groups is 3. The number of rotatable bonds is 28. The molecule has 3 fully saturated rings. The Morgan fingerprint density at radius 3 is 1.11 bits per heavy atom. The van der Waals surface area contributed by atoms with Gasteiger partial charge in [-0.1, -0.05) is 291 Å². The van der Waals surface area contributed by atoms with Crippen LogP contribution in [0.25, 0.3) is 0 Å². The van der Waals surface area contributed by atoms with Gasteiger partial charge in [0.2, 0.25) is 30.9 Å². The average Bonchev–Trinajstić information content (AvgIpc) is 0.732. The number of benzene rings is 12. The maximum Gasteiger partial charge on any atom is 0.248 e. The summed E-state index contributed by atoms with van der Waals surface area (Å²) in [6, 6.07) is 86.0. The van der Waals surface area contributed by atoms with Crippen LogP contribution in [0.1, 0.15) is 242 Å². The predicted octanol–water partition coefficient (Wildman–Crippen LogP) is 23.4. The molecule has 0 aromatic heterocycles. The predicted molar refractivity (Wildman–Crippen MR) is 579 cm³/mol. The summed E-state index contributed by atoms with van der Waals surface area (Å²) in [5, 5.41) is 31.2. The summed E-state index contributed by atoms with van der Waals surface area (Å²) in [4.78, 5) is 111. The number of anilines is 1. The molecule has 2 heterocycles. The molecule has 12 aromatic rings. The first-order chi connectivity index (χ1) is 67.2. The number of hydrogen-bond acceptors (Lipinski definition) is 19. The van der Waals surface area contributed by atoms with Crippen molar-refractivity contribution in [3.63, 3.8) is 0 Å². The zero-order valence-electron chi connectivity index (χ0n) is 86.3. The molecular formula is C121H141N3O15P2S. The van der Waals surface area contributed by atoms with Gasteiger partial charge in [-0.3, -0.25) is 48.2 Å². The van der Waals surface area contributed by atoms with Gasteiger partial charge in [0.15, 0.2) is 28.9 Å². The fourth-order valence-electron chi connectivity index (χ4n) is 18.7. The van der Waals surface area contributed by atoms with Gasteiger partial charge in [0.1, 0.15) is 16.8 Å². The van der Waals surface area contributed by atoms with E-state index >= 15 is 0 Å². The maximum atomic E-state index is 14.5. The first-order valence-corrected chi connectivity index (χ1v) is 53.4. The number of ether oxygens (including phenoxy) is 2. The van der Waals surface area contributed by atoms with Gasteiger partial charge in [-0.05, 0) is 250 Å². The van der Waals surface area contributed by atoms with Crippen LogP contribution in [0.4, 0.5) is 5.69 Å². The molecule has 15 rings (SSSR count). The summed E-state index contributed by atoms with van der Waals surface area (Å²) in [6.07, 6.45) is 8.43. The largest absolute Gasteiger partial charge is 0.382 e. The Morgan fingerprint density at radius 1 is 0.394 bits per heavy atom. The number of hydrogen-bond donors (Lipinski definition) is 3. The van der Waals surface area contributed by atoms with E-state index < -0.39 is 53.2 Å². The number of ketones is 5. The second-order valence-electron chi connectivity index (χ2n) is 39.2. The van der Waals surface area contributed by atoms with Crippen molar-refractivity contribution in [2.45, 2.75) is 202 Å². The zero-order valence-corrected chi connectivity index (χ0v) is 88.9. The van der Waals surface area contributed by atoms with E-state index in [-0.39, 0.29) is 39.7 Å². The molecule has 0 radical (unpaired) electrons. The first kappa shape index (κ1) is 112. The standard InChI is InChI=1S/C26H27O3P.C24H32N2O2.C22H21O2P.C21H24O4.C15H21NO2S.C13H16O2/c1-16-12-18(3)23(19(4)13-16)25(27)30(29,22-10-8-7-9-11-22)26(28)24-20(5)14-17(2)15-21(24)6;1-5-24(25(3)4,18-20-8-6-19(2)7-9-20)23(27)21-10-12-22(13-11-21)26-14-16-28-17-15-26;1-16-14-17(2)21(18(3)15-16)22(23)25(24,19-10-6-4-7-11-19)20-12-8-5-9-13-20;1-20(2,24)18(22)16-9-5-14(6-10-16)13-15-7-11-17(12-8-15)19(23)21(3,4)25;1-15(2,16-8-10-18-11-9-16)14(17)12-4-6-13(19-3)7-5-12;14-12(11-7-3-1-4-8-11)13(15)9-5-2-6-10-13/h7-15H,1-6H3;6-13H,5,14-18H2,1-4H3;4-15H,1-3H3;5-12,24-25H,13H2,1-4H3;4-7H,8-11H2,1-3H3;1,3-4,7-8,15H,2,5-6,9-10H2. The Morgan fingerprint density at radius 2 is 0.732 bits per heavy atom. The molecule has 0 bridgehead atoms. The second-order valence-corrected chi connectivity index (χ2v) is 45.3. The van der Waals surface area contributed by atoms with E-state index in [0.717, 1.165) is 143 Å². The van der Waals surface area contributed by atoms with Gasteiger partial charge in [-0.2, -0.15) is 0 Å². The van der Waals surface area contributed by atoms with Gasteiger partial charge in [0, 0.05) is 97.2 Å². The van der Waals surface area contributed by atoms with Crippen molar-refractivity contribution in [2.24, 2.45) is 0 Å². The van der Waals surface area contributed by atoms with Gasteiger partial charge >= 0.3 is 0 Å². The van der Waals surface area contributed by atoms with E-state index in [9.17, 15) is 62.8 Å². The number of thioether (sulfide) groups is 1. The van der Waals surface area contributed by atoms with Crippen LogP contribution < -0.4 is 20.8 Å².